The van der Waals surface area contributed by atoms with Crippen molar-refractivity contribution in [3.8, 4) is 0 Å². The van der Waals surface area contributed by atoms with E-state index in [1.165, 1.54) is 6.07 Å². The van der Waals surface area contributed by atoms with E-state index in [2.05, 4.69) is 10.3 Å². The summed E-state index contributed by atoms with van der Waals surface area (Å²) in [6, 6.07) is 11.1. The Morgan fingerprint density at radius 2 is 2.03 bits per heavy atom. The number of anilines is 1. The summed E-state index contributed by atoms with van der Waals surface area (Å²) in [7, 11) is 0. The minimum absolute atomic E-state index is 0.178. The average molecular weight is 416 g/mol. The first kappa shape index (κ1) is 19.6. The largest absolute Gasteiger partial charge is 0.371 e. The van der Waals surface area contributed by atoms with Gasteiger partial charge in [-0.15, -0.1) is 0 Å². The van der Waals surface area contributed by atoms with Gasteiger partial charge in [0.15, 0.2) is 11.6 Å². The summed E-state index contributed by atoms with van der Waals surface area (Å²) in [4.78, 5) is 19.2. The van der Waals surface area contributed by atoms with Crippen LogP contribution in [0.1, 0.15) is 22.5 Å². The standard InChI is InChI=1S/C22H20ClF2N3O/c1-13-18(9-15-8-16(23)2-5-21(15)27-13)22(29)26-11-14-6-7-28(12-14)17-3-4-19(24)20(25)10-17/h2-5,8-10,14H,6-7,11-12H2,1H3,(H,26,29). The highest BCUT2D eigenvalue weighted by Crippen LogP contribution is 2.25. The van der Waals surface area contributed by atoms with E-state index in [0.717, 1.165) is 29.9 Å². The molecule has 1 N–H and O–H groups in total. The lowest BCUT2D eigenvalue weighted by Crippen LogP contribution is -2.31. The molecule has 0 radical (unpaired) electrons. The Kier molecular flexibility index (Phi) is 5.37. The van der Waals surface area contributed by atoms with Gasteiger partial charge >= 0.3 is 0 Å². The predicted molar refractivity (Wildman–Crippen MR) is 111 cm³/mol. The molecule has 1 unspecified atom stereocenters. The number of hydrogen-bond acceptors (Lipinski definition) is 3. The van der Waals surface area contributed by atoms with Gasteiger partial charge in [0.1, 0.15) is 0 Å². The van der Waals surface area contributed by atoms with Crippen LogP contribution in [0.25, 0.3) is 10.9 Å². The van der Waals surface area contributed by atoms with Gasteiger partial charge in [-0.3, -0.25) is 9.78 Å². The van der Waals surface area contributed by atoms with Crippen LogP contribution in [0.3, 0.4) is 0 Å². The maximum absolute atomic E-state index is 13.5. The Labute approximate surface area is 172 Å². The van der Waals surface area contributed by atoms with E-state index < -0.39 is 11.6 Å². The van der Waals surface area contributed by atoms with Crippen LogP contribution in [-0.4, -0.2) is 30.5 Å². The van der Waals surface area contributed by atoms with Crippen molar-refractivity contribution < 1.29 is 13.6 Å². The lowest BCUT2D eigenvalue weighted by molar-refractivity contribution is 0.0947. The number of pyridine rings is 1. The number of nitrogens with one attached hydrogen (secondary N) is 1. The Bertz CT molecular complexity index is 1090. The smallest absolute Gasteiger partial charge is 0.253 e. The number of aryl methyl sites for hydroxylation is 1. The molecule has 2 aromatic carbocycles. The van der Waals surface area contributed by atoms with Crippen LogP contribution >= 0.6 is 11.6 Å². The average Bonchev–Trinajstić information content (AvgIpc) is 3.17. The van der Waals surface area contributed by atoms with E-state index in [4.69, 9.17) is 11.6 Å². The summed E-state index contributed by atoms with van der Waals surface area (Å²) in [6.45, 7) is 3.73. The Hall–Kier alpha value is -2.73. The van der Waals surface area contributed by atoms with Crippen molar-refractivity contribution in [3.63, 3.8) is 0 Å². The highest BCUT2D eigenvalue weighted by atomic mass is 35.5. The van der Waals surface area contributed by atoms with E-state index >= 15 is 0 Å². The molecule has 1 aromatic heterocycles. The van der Waals surface area contributed by atoms with Crippen molar-refractivity contribution in [2.75, 3.05) is 24.5 Å². The third kappa shape index (κ3) is 4.17. The van der Waals surface area contributed by atoms with Crippen LogP contribution in [0.2, 0.25) is 5.02 Å². The molecule has 0 spiro atoms. The fourth-order valence-corrected chi connectivity index (χ4v) is 3.90. The third-order valence-corrected chi connectivity index (χ3v) is 5.55. The van der Waals surface area contributed by atoms with Crippen LogP contribution in [0.4, 0.5) is 14.5 Å². The van der Waals surface area contributed by atoms with Crippen LogP contribution in [-0.2, 0) is 0 Å². The first-order valence-electron chi connectivity index (χ1n) is 9.46. The molecule has 1 aliphatic heterocycles. The lowest BCUT2D eigenvalue weighted by atomic mass is 10.1. The molecule has 1 atom stereocenters. The second-order valence-corrected chi connectivity index (χ2v) is 7.80. The van der Waals surface area contributed by atoms with E-state index in [-0.39, 0.29) is 11.8 Å². The van der Waals surface area contributed by atoms with Crippen LogP contribution in [0.5, 0.6) is 0 Å². The molecule has 4 nitrogen and oxygen atoms in total. The number of aromatic nitrogens is 1. The molecule has 0 saturated carbocycles. The number of nitrogens with zero attached hydrogens (tertiary/aromatic N) is 2. The topological polar surface area (TPSA) is 45.2 Å². The van der Waals surface area contributed by atoms with E-state index in [9.17, 15) is 13.6 Å². The van der Waals surface area contributed by atoms with Gasteiger partial charge in [-0.25, -0.2) is 8.78 Å². The summed E-state index contributed by atoms with van der Waals surface area (Å²) in [5, 5.41) is 4.39. The van der Waals surface area contributed by atoms with Gasteiger partial charge in [-0.1, -0.05) is 11.6 Å². The number of halogens is 3. The number of carbonyl (C=O) groups is 1. The lowest BCUT2D eigenvalue weighted by Gasteiger charge is -2.19. The number of rotatable bonds is 4. The minimum atomic E-state index is -0.850. The molecule has 1 saturated heterocycles. The Morgan fingerprint density at radius 1 is 1.21 bits per heavy atom. The Morgan fingerprint density at radius 3 is 2.83 bits per heavy atom. The van der Waals surface area contributed by atoms with Crippen molar-refractivity contribution >= 4 is 34.1 Å². The maximum Gasteiger partial charge on any atom is 0.253 e. The molecule has 29 heavy (non-hydrogen) atoms. The zero-order valence-electron chi connectivity index (χ0n) is 15.9. The van der Waals surface area contributed by atoms with Gasteiger partial charge < -0.3 is 10.2 Å². The van der Waals surface area contributed by atoms with Gasteiger partial charge in [0.05, 0.1) is 16.8 Å². The molecule has 7 heteroatoms. The maximum atomic E-state index is 13.5. The zero-order valence-corrected chi connectivity index (χ0v) is 16.6. The number of amides is 1. The van der Waals surface area contributed by atoms with Crippen molar-refractivity contribution in [2.24, 2.45) is 5.92 Å². The van der Waals surface area contributed by atoms with Crippen LogP contribution < -0.4 is 10.2 Å². The molecule has 0 aliphatic carbocycles. The van der Waals surface area contributed by atoms with Gasteiger partial charge in [0.2, 0.25) is 0 Å². The number of fused-ring (bicyclic) bond motifs is 1. The summed E-state index contributed by atoms with van der Waals surface area (Å²) in [6.07, 6.45) is 0.865. The molecule has 2 heterocycles. The fraction of sp³-hybridized carbons (Fsp3) is 0.273. The van der Waals surface area contributed by atoms with Gasteiger partial charge in [-0.05, 0) is 55.7 Å². The van der Waals surface area contributed by atoms with Crippen molar-refractivity contribution in [1.29, 1.82) is 0 Å². The number of hydrogen-bond donors (Lipinski definition) is 1. The van der Waals surface area contributed by atoms with Gasteiger partial charge in [0, 0.05) is 41.8 Å². The normalized spacial score (nSPS) is 16.4. The highest BCUT2D eigenvalue weighted by Gasteiger charge is 2.24. The Balaban J connectivity index is 1.40. The molecule has 0 bridgehead atoms. The molecule has 3 aromatic rings. The SMILES string of the molecule is Cc1nc2ccc(Cl)cc2cc1C(=O)NCC1CCN(c2ccc(F)c(F)c2)C1. The second kappa shape index (κ2) is 7.95. The fourth-order valence-electron chi connectivity index (χ4n) is 3.72. The van der Waals surface area contributed by atoms with Crippen molar-refractivity contribution in [3.05, 3.63) is 70.4 Å². The highest BCUT2D eigenvalue weighted by molar-refractivity contribution is 6.31. The third-order valence-electron chi connectivity index (χ3n) is 5.32. The van der Waals surface area contributed by atoms with Crippen molar-refractivity contribution in [2.45, 2.75) is 13.3 Å². The summed E-state index contributed by atoms with van der Waals surface area (Å²) < 4.78 is 26.6. The van der Waals surface area contributed by atoms with Gasteiger partial charge in [0.25, 0.3) is 5.91 Å². The summed E-state index contributed by atoms with van der Waals surface area (Å²) in [5.74, 6) is -1.64. The molecular formula is C22H20ClF2N3O. The number of carbonyl (C=O) groups excluding carboxylic acids is 1. The predicted octanol–water partition coefficient (Wildman–Crippen LogP) is 4.73. The van der Waals surface area contributed by atoms with Gasteiger partial charge in [-0.2, -0.15) is 0 Å². The van der Waals surface area contributed by atoms with E-state index in [0.29, 0.717) is 35.1 Å². The molecule has 1 amide bonds. The molecular weight excluding hydrogens is 396 g/mol. The zero-order chi connectivity index (χ0) is 20.5. The quantitative estimate of drug-likeness (QED) is 0.670. The second-order valence-electron chi connectivity index (χ2n) is 7.37. The summed E-state index contributed by atoms with van der Waals surface area (Å²) >= 11 is 6.04. The van der Waals surface area contributed by atoms with E-state index in [1.807, 2.05) is 17.9 Å². The summed E-state index contributed by atoms with van der Waals surface area (Å²) in [5.41, 5.74) is 2.63. The first-order chi connectivity index (χ1) is 13.9. The molecule has 1 fully saturated rings. The monoisotopic (exact) mass is 415 g/mol. The molecule has 4 rings (SSSR count). The molecule has 150 valence electrons. The van der Waals surface area contributed by atoms with E-state index in [1.54, 1.807) is 24.3 Å². The minimum Gasteiger partial charge on any atom is -0.371 e. The van der Waals surface area contributed by atoms with Crippen LogP contribution in [0, 0.1) is 24.5 Å². The molecule has 1 aliphatic rings. The van der Waals surface area contributed by atoms with Crippen molar-refractivity contribution in [1.82, 2.24) is 10.3 Å². The number of benzene rings is 2. The first-order valence-corrected chi connectivity index (χ1v) is 9.83. The van der Waals surface area contributed by atoms with Crippen LogP contribution in [0.15, 0.2) is 42.5 Å².